The Labute approximate surface area is 133 Å². The molecule has 0 bridgehead atoms. The maximum Gasteiger partial charge on any atom is 0.257 e. The summed E-state index contributed by atoms with van der Waals surface area (Å²) < 4.78 is 11.0. The van der Waals surface area contributed by atoms with Crippen LogP contribution in [0.15, 0.2) is 42.6 Å². The summed E-state index contributed by atoms with van der Waals surface area (Å²) in [4.78, 5) is 16.4. The van der Waals surface area contributed by atoms with Crippen molar-refractivity contribution >= 4 is 23.2 Å². The van der Waals surface area contributed by atoms with E-state index in [1.807, 2.05) is 0 Å². The third kappa shape index (κ3) is 3.55. The van der Waals surface area contributed by atoms with Crippen LogP contribution < -0.4 is 10.1 Å². The molecule has 1 amide bonds. The number of carbonyl (C=O) groups excluding carboxylic acids is 1. The van der Waals surface area contributed by atoms with Crippen molar-refractivity contribution in [2.75, 3.05) is 18.5 Å². The van der Waals surface area contributed by atoms with Gasteiger partial charge in [0.15, 0.2) is 0 Å². The molecule has 1 aromatic heterocycles. The summed E-state index contributed by atoms with van der Waals surface area (Å²) in [5, 5.41) is 3.20. The van der Waals surface area contributed by atoms with Gasteiger partial charge in [0.2, 0.25) is 5.88 Å². The van der Waals surface area contributed by atoms with E-state index in [1.165, 1.54) is 0 Å². The van der Waals surface area contributed by atoms with Gasteiger partial charge in [0.05, 0.1) is 23.8 Å². The van der Waals surface area contributed by atoms with E-state index in [9.17, 15) is 4.79 Å². The normalized spacial score (nSPS) is 17.2. The number of amides is 1. The van der Waals surface area contributed by atoms with Crippen LogP contribution in [0.1, 0.15) is 16.8 Å². The Bertz CT molecular complexity index is 672. The fourth-order valence-electron chi connectivity index (χ4n) is 2.17. The van der Waals surface area contributed by atoms with Crippen LogP contribution in [0.3, 0.4) is 0 Å². The minimum atomic E-state index is -0.271. The third-order valence-electron chi connectivity index (χ3n) is 3.29. The van der Waals surface area contributed by atoms with E-state index in [1.54, 1.807) is 42.6 Å². The molecule has 5 nitrogen and oxygen atoms in total. The summed E-state index contributed by atoms with van der Waals surface area (Å²) in [7, 11) is 0. The van der Waals surface area contributed by atoms with E-state index in [0.717, 1.165) is 6.42 Å². The molecule has 0 aliphatic carbocycles. The van der Waals surface area contributed by atoms with E-state index in [4.69, 9.17) is 21.1 Å². The molecular formula is C16H15ClN2O3. The molecule has 1 saturated heterocycles. The Balaban J connectivity index is 1.69. The first kappa shape index (κ1) is 14.8. The van der Waals surface area contributed by atoms with Crippen LogP contribution in [0.25, 0.3) is 0 Å². The zero-order chi connectivity index (χ0) is 15.4. The average molecular weight is 319 g/mol. The van der Waals surface area contributed by atoms with Gasteiger partial charge in [0.25, 0.3) is 5.91 Å². The summed E-state index contributed by atoms with van der Waals surface area (Å²) in [5.74, 6) is 0.194. The van der Waals surface area contributed by atoms with Crippen LogP contribution in [0.4, 0.5) is 5.69 Å². The molecule has 2 aromatic rings. The molecule has 1 atom stereocenters. The maximum atomic E-state index is 12.2. The standard InChI is InChI=1S/C16H15ClN2O3/c17-14-4-2-1-3-13(14)16(20)19-11-5-7-18-15(9-11)22-12-6-8-21-10-12/h1-5,7,9,12H,6,8,10H2,(H,18,19,20)/t12-/m0/s1. The largest absolute Gasteiger partial charge is 0.472 e. The van der Waals surface area contributed by atoms with Crippen LogP contribution in [0, 0.1) is 0 Å². The van der Waals surface area contributed by atoms with Crippen LogP contribution in [-0.4, -0.2) is 30.2 Å². The van der Waals surface area contributed by atoms with E-state index in [-0.39, 0.29) is 12.0 Å². The monoisotopic (exact) mass is 318 g/mol. The number of rotatable bonds is 4. The van der Waals surface area contributed by atoms with Crippen molar-refractivity contribution in [1.29, 1.82) is 0 Å². The number of carbonyl (C=O) groups is 1. The fraction of sp³-hybridized carbons (Fsp3) is 0.250. The number of ether oxygens (including phenoxy) is 2. The predicted octanol–water partition coefficient (Wildman–Crippen LogP) is 3.16. The number of nitrogens with one attached hydrogen (secondary N) is 1. The number of nitrogens with zero attached hydrogens (tertiary/aromatic N) is 1. The van der Waals surface area contributed by atoms with E-state index < -0.39 is 0 Å². The Hall–Kier alpha value is -2.11. The van der Waals surface area contributed by atoms with Gasteiger partial charge >= 0.3 is 0 Å². The highest BCUT2D eigenvalue weighted by Gasteiger charge is 2.18. The van der Waals surface area contributed by atoms with Gasteiger partial charge < -0.3 is 14.8 Å². The van der Waals surface area contributed by atoms with Crippen molar-refractivity contribution in [2.45, 2.75) is 12.5 Å². The second kappa shape index (κ2) is 6.77. The molecule has 1 aromatic carbocycles. The van der Waals surface area contributed by atoms with E-state index >= 15 is 0 Å². The Kier molecular flexibility index (Phi) is 4.56. The molecule has 6 heteroatoms. The number of anilines is 1. The van der Waals surface area contributed by atoms with Crippen molar-refractivity contribution in [3.8, 4) is 5.88 Å². The lowest BCUT2D eigenvalue weighted by Gasteiger charge is -2.12. The highest BCUT2D eigenvalue weighted by Crippen LogP contribution is 2.20. The number of halogens is 1. The van der Waals surface area contributed by atoms with Crippen LogP contribution in [-0.2, 0) is 4.74 Å². The van der Waals surface area contributed by atoms with Gasteiger partial charge in [-0.1, -0.05) is 23.7 Å². The Morgan fingerprint density at radius 1 is 1.36 bits per heavy atom. The number of hydrogen-bond acceptors (Lipinski definition) is 4. The second-order valence-corrected chi connectivity index (χ2v) is 5.33. The number of aromatic nitrogens is 1. The smallest absolute Gasteiger partial charge is 0.257 e. The highest BCUT2D eigenvalue weighted by molar-refractivity contribution is 6.34. The van der Waals surface area contributed by atoms with Gasteiger partial charge in [-0.3, -0.25) is 4.79 Å². The Morgan fingerprint density at radius 3 is 3.00 bits per heavy atom. The lowest BCUT2D eigenvalue weighted by Crippen LogP contribution is -2.17. The molecule has 1 N–H and O–H groups in total. The van der Waals surface area contributed by atoms with Crippen molar-refractivity contribution in [1.82, 2.24) is 4.98 Å². The summed E-state index contributed by atoms with van der Waals surface area (Å²) in [6.45, 7) is 1.27. The predicted molar refractivity (Wildman–Crippen MR) is 83.5 cm³/mol. The number of hydrogen-bond donors (Lipinski definition) is 1. The molecule has 22 heavy (non-hydrogen) atoms. The van der Waals surface area contributed by atoms with Crippen molar-refractivity contribution in [2.24, 2.45) is 0 Å². The van der Waals surface area contributed by atoms with Crippen molar-refractivity contribution in [3.05, 3.63) is 53.2 Å². The van der Waals surface area contributed by atoms with Gasteiger partial charge in [-0.2, -0.15) is 0 Å². The minimum absolute atomic E-state index is 0.0158. The van der Waals surface area contributed by atoms with Gasteiger partial charge in [-0.25, -0.2) is 4.98 Å². The number of pyridine rings is 1. The fourth-order valence-corrected chi connectivity index (χ4v) is 2.39. The second-order valence-electron chi connectivity index (χ2n) is 4.92. The molecular weight excluding hydrogens is 304 g/mol. The van der Waals surface area contributed by atoms with Crippen molar-refractivity contribution in [3.63, 3.8) is 0 Å². The van der Waals surface area contributed by atoms with Crippen LogP contribution >= 0.6 is 11.6 Å². The first-order chi connectivity index (χ1) is 10.7. The zero-order valence-corrected chi connectivity index (χ0v) is 12.5. The zero-order valence-electron chi connectivity index (χ0n) is 11.8. The maximum absolute atomic E-state index is 12.2. The van der Waals surface area contributed by atoms with Crippen LogP contribution in [0.2, 0.25) is 5.02 Å². The molecule has 0 unspecified atom stereocenters. The summed E-state index contributed by atoms with van der Waals surface area (Å²) in [5.41, 5.74) is 1.03. The topological polar surface area (TPSA) is 60.5 Å². The molecule has 3 rings (SSSR count). The first-order valence-electron chi connectivity index (χ1n) is 6.99. The Morgan fingerprint density at radius 2 is 2.23 bits per heavy atom. The first-order valence-corrected chi connectivity index (χ1v) is 7.36. The third-order valence-corrected chi connectivity index (χ3v) is 3.62. The molecule has 1 aliphatic rings. The molecule has 0 spiro atoms. The number of benzene rings is 1. The van der Waals surface area contributed by atoms with Gasteiger partial charge in [0.1, 0.15) is 6.10 Å². The van der Waals surface area contributed by atoms with Crippen molar-refractivity contribution < 1.29 is 14.3 Å². The molecule has 114 valence electrons. The molecule has 0 radical (unpaired) electrons. The SMILES string of the molecule is O=C(Nc1ccnc(O[C@H]2CCOC2)c1)c1ccccc1Cl. The van der Waals surface area contributed by atoms with E-state index in [2.05, 4.69) is 10.3 Å². The lowest BCUT2D eigenvalue weighted by atomic mass is 10.2. The summed E-state index contributed by atoms with van der Waals surface area (Å²) >= 11 is 6.02. The summed E-state index contributed by atoms with van der Waals surface area (Å²) in [6.07, 6.45) is 2.45. The molecule has 2 heterocycles. The molecule has 1 fully saturated rings. The van der Waals surface area contributed by atoms with Gasteiger partial charge in [-0.05, 0) is 18.2 Å². The average Bonchev–Trinajstić information content (AvgIpc) is 3.01. The minimum Gasteiger partial charge on any atom is -0.472 e. The lowest BCUT2D eigenvalue weighted by molar-refractivity contribution is 0.102. The summed E-state index contributed by atoms with van der Waals surface area (Å²) in [6, 6.07) is 10.3. The quantitative estimate of drug-likeness (QED) is 0.940. The van der Waals surface area contributed by atoms with Gasteiger partial charge in [-0.15, -0.1) is 0 Å². The van der Waals surface area contributed by atoms with Crippen LogP contribution in [0.5, 0.6) is 5.88 Å². The molecule has 0 saturated carbocycles. The molecule has 1 aliphatic heterocycles. The van der Waals surface area contributed by atoms with Gasteiger partial charge in [0, 0.05) is 24.4 Å². The van der Waals surface area contributed by atoms with E-state index in [0.29, 0.717) is 35.4 Å². The highest BCUT2D eigenvalue weighted by atomic mass is 35.5.